The van der Waals surface area contributed by atoms with Gasteiger partial charge in [0, 0.05) is 23.6 Å². The van der Waals surface area contributed by atoms with Gasteiger partial charge in [-0.3, -0.25) is 4.72 Å². The fourth-order valence-corrected chi connectivity index (χ4v) is 3.27. The van der Waals surface area contributed by atoms with Crippen LogP contribution in [-0.4, -0.2) is 25.0 Å². The standard InChI is InChI=1S/C17H17N3O3S/c1-2-23-15-7-9-16(10-8-15)24(21,22)20-14-5-3-13(4-6-14)17-18-11-12-19-17/h3-12,20H,2H2,1H3,(H,18,19). The highest BCUT2D eigenvalue weighted by Gasteiger charge is 2.14. The van der Waals surface area contributed by atoms with Gasteiger partial charge in [-0.05, 0) is 55.5 Å². The Morgan fingerprint density at radius 3 is 2.38 bits per heavy atom. The van der Waals surface area contributed by atoms with E-state index in [9.17, 15) is 8.42 Å². The Kier molecular flexibility index (Phi) is 4.52. The minimum atomic E-state index is -3.64. The SMILES string of the molecule is CCOc1ccc(S(=O)(=O)Nc2ccc(-c3ncc[nH]3)cc2)cc1. The second kappa shape index (κ2) is 6.76. The molecule has 6 nitrogen and oxygen atoms in total. The number of hydrogen-bond donors (Lipinski definition) is 2. The van der Waals surface area contributed by atoms with Crippen LogP contribution in [-0.2, 0) is 10.0 Å². The van der Waals surface area contributed by atoms with Crippen molar-refractivity contribution in [3.05, 3.63) is 60.9 Å². The quantitative estimate of drug-likeness (QED) is 0.719. The van der Waals surface area contributed by atoms with E-state index in [4.69, 9.17) is 4.74 Å². The van der Waals surface area contributed by atoms with Gasteiger partial charge in [0.2, 0.25) is 0 Å². The lowest BCUT2D eigenvalue weighted by atomic mass is 10.2. The Morgan fingerprint density at radius 1 is 1.08 bits per heavy atom. The lowest BCUT2D eigenvalue weighted by molar-refractivity contribution is 0.340. The maximum absolute atomic E-state index is 12.4. The van der Waals surface area contributed by atoms with Gasteiger partial charge in [-0.1, -0.05) is 0 Å². The zero-order chi connectivity index (χ0) is 17.0. The van der Waals surface area contributed by atoms with E-state index >= 15 is 0 Å². The molecule has 0 saturated heterocycles. The predicted octanol–water partition coefficient (Wildman–Crippen LogP) is 3.28. The third-order valence-electron chi connectivity index (χ3n) is 3.35. The molecular weight excluding hydrogens is 326 g/mol. The summed E-state index contributed by atoms with van der Waals surface area (Å²) in [6.45, 7) is 2.41. The van der Waals surface area contributed by atoms with Gasteiger partial charge in [0.1, 0.15) is 11.6 Å². The molecule has 2 N–H and O–H groups in total. The van der Waals surface area contributed by atoms with Crippen LogP contribution >= 0.6 is 0 Å². The van der Waals surface area contributed by atoms with Gasteiger partial charge >= 0.3 is 0 Å². The molecule has 1 aromatic heterocycles. The topological polar surface area (TPSA) is 84.1 Å². The van der Waals surface area contributed by atoms with Crippen LogP contribution in [0.4, 0.5) is 5.69 Å². The summed E-state index contributed by atoms with van der Waals surface area (Å²) in [5.74, 6) is 1.37. The number of aromatic amines is 1. The van der Waals surface area contributed by atoms with Crippen molar-refractivity contribution < 1.29 is 13.2 Å². The maximum Gasteiger partial charge on any atom is 0.261 e. The minimum absolute atomic E-state index is 0.182. The Bertz CT molecular complexity index is 887. The molecule has 0 aliphatic heterocycles. The van der Waals surface area contributed by atoms with Gasteiger partial charge in [-0.25, -0.2) is 13.4 Å². The second-order valence-electron chi connectivity index (χ2n) is 5.03. The number of imidazole rings is 1. The summed E-state index contributed by atoms with van der Waals surface area (Å²) in [6.07, 6.45) is 3.40. The number of ether oxygens (including phenoxy) is 1. The van der Waals surface area contributed by atoms with E-state index in [1.807, 2.05) is 6.92 Å². The van der Waals surface area contributed by atoms with Crippen molar-refractivity contribution in [2.75, 3.05) is 11.3 Å². The third kappa shape index (κ3) is 3.57. The van der Waals surface area contributed by atoms with Crippen molar-refractivity contribution in [1.82, 2.24) is 9.97 Å². The molecule has 0 spiro atoms. The molecule has 3 rings (SSSR count). The summed E-state index contributed by atoms with van der Waals surface area (Å²) in [4.78, 5) is 7.34. The number of aromatic nitrogens is 2. The minimum Gasteiger partial charge on any atom is -0.494 e. The Labute approximate surface area is 140 Å². The number of nitrogens with zero attached hydrogens (tertiary/aromatic N) is 1. The summed E-state index contributed by atoms with van der Waals surface area (Å²) in [6, 6.07) is 13.3. The Morgan fingerprint density at radius 2 is 1.79 bits per heavy atom. The summed E-state index contributed by atoms with van der Waals surface area (Å²) >= 11 is 0. The Balaban J connectivity index is 1.76. The first kappa shape index (κ1) is 16.1. The van der Waals surface area contributed by atoms with Gasteiger partial charge in [-0.2, -0.15) is 0 Å². The fraction of sp³-hybridized carbons (Fsp3) is 0.118. The molecule has 1 heterocycles. The molecule has 124 valence electrons. The van der Waals surface area contributed by atoms with Gasteiger partial charge in [-0.15, -0.1) is 0 Å². The van der Waals surface area contributed by atoms with Crippen LogP contribution in [0.1, 0.15) is 6.92 Å². The van der Waals surface area contributed by atoms with Crippen molar-refractivity contribution in [2.45, 2.75) is 11.8 Å². The van der Waals surface area contributed by atoms with Gasteiger partial charge < -0.3 is 9.72 Å². The average Bonchev–Trinajstić information content (AvgIpc) is 3.10. The normalized spacial score (nSPS) is 11.2. The molecule has 24 heavy (non-hydrogen) atoms. The van der Waals surface area contributed by atoms with E-state index in [2.05, 4.69) is 14.7 Å². The van der Waals surface area contributed by atoms with E-state index in [0.717, 1.165) is 11.4 Å². The Hall–Kier alpha value is -2.80. The molecule has 0 amide bonds. The summed E-state index contributed by atoms with van der Waals surface area (Å²) in [5.41, 5.74) is 1.36. The lowest BCUT2D eigenvalue weighted by Crippen LogP contribution is -2.12. The van der Waals surface area contributed by atoms with E-state index in [0.29, 0.717) is 18.0 Å². The van der Waals surface area contributed by atoms with E-state index < -0.39 is 10.0 Å². The van der Waals surface area contributed by atoms with Crippen LogP contribution in [0.3, 0.4) is 0 Å². The van der Waals surface area contributed by atoms with E-state index in [1.54, 1.807) is 48.8 Å². The number of H-pyrrole nitrogens is 1. The summed E-state index contributed by atoms with van der Waals surface area (Å²) in [7, 11) is -3.64. The number of nitrogens with one attached hydrogen (secondary N) is 2. The molecule has 2 aromatic carbocycles. The summed E-state index contributed by atoms with van der Waals surface area (Å²) < 4.78 is 32.7. The predicted molar refractivity (Wildman–Crippen MR) is 92.4 cm³/mol. The number of hydrogen-bond acceptors (Lipinski definition) is 4. The highest BCUT2D eigenvalue weighted by Crippen LogP contribution is 2.21. The van der Waals surface area contributed by atoms with Crippen molar-refractivity contribution in [3.63, 3.8) is 0 Å². The van der Waals surface area contributed by atoms with Crippen LogP contribution in [0.5, 0.6) is 5.75 Å². The molecule has 3 aromatic rings. The van der Waals surface area contributed by atoms with Crippen LogP contribution in [0.2, 0.25) is 0 Å². The molecule has 0 aliphatic carbocycles. The van der Waals surface area contributed by atoms with Gasteiger partial charge in [0.05, 0.1) is 11.5 Å². The molecule has 0 radical (unpaired) electrons. The van der Waals surface area contributed by atoms with Gasteiger partial charge in [0.25, 0.3) is 10.0 Å². The lowest BCUT2D eigenvalue weighted by Gasteiger charge is -2.09. The smallest absolute Gasteiger partial charge is 0.261 e. The van der Waals surface area contributed by atoms with Crippen molar-refractivity contribution in [1.29, 1.82) is 0 Å². The zero-order valence-corrected chi connectivity index (χ0v) is 13.9. The molecule has 7 heteroatoms. The molecule has 0 saturated carbocycles. The first-order valence-corrected chi connectivity index (χ1v) is 8.92. The highest BCUT2D eigenvalue weighted by atomic mass is 32.2. The number of anilines is 1. The maximum atomic E-state index is 12.4. The van der Waals surface area contributed by atoms with Crippen molar-refractivity contribution in [3.8, 4) is 17.1 Å². The fourth-order valence-electron chi connectivity index (χ4n) is 2.22. The zero-order valence-electron chi connectivity index (χ0n) is 13.1. The highest BCUT2D eigenvalue weighted by molar-refractivity contribution is 7.92. The monoisotopic (exact) mass is 343 g/mol. The van der Waals surface area contributed by atoms with Crippen molar-refractivity contribution in [2.24, 2.45) is 0 Å². The number of benzene rings is 2. The first-order valence-electron chi connectivity index (χ1n) is 7.44. The van der Waals surface area contributed by atoms with Crippen molar-refractivity contribution >= 4 is 15.7 Å². The molecule has 0 unspecified atom stereocenters. The largest absolute Gasteiger partial charge is 0.494 e. The van der Waals surface area contributed by atoms with Crippen LogP contribution in [0.15, 0.2) is 65.8 Å². The van der Waals surface area contributed by atoms with Crippen LogP contribution in [0.25, 0.3) is 11.4 Å². The molecule has 0 atom stereocenters. The van der Waals surface area contributed by atoms with Crippen LogP contribution in [0, 0.1) is 0 Å². The first-order chi connectivity index (χ1) is 11.6. The number of rotatable bonds is 6. The van der Waals surface area contributed by atoms with Gasteiger partial charge in [0.15, 0.2) is 0 Å². The van der Waals surface area contributed by atoms with E-state index in [1.165, 1.54) is 12.1 Å². The average molecular weight is 343 g/mol. The summed E-state index contributed by atoms with van der Waals surface area (Å²) in [5, 5.41) is 0. The molecule has 0 bridgehead atoms. The van der Waals surface area contributed by atoms with Crippen LogP contribution < -0.4 is 9.46 Å². The number of sulfonamides is 1. The third-order valence-corrected chi connectivity index (χ3v) is 4.75. The molecule has 0 fully saturated rings. The molecular formula is C17H17N3O3S. The molecule has 0 aliphatic rings. The van der Waals surface area contributed by atoms with E-state index in [-0.39, 0.29) is 4.90 Å². The second-order valence-corrected chi connectivity index (χ2v) is 6.71.